The molecule has 5 aromatic carbocycles. The third-order valence-corrected chi connectivity index (χ3v) is 12.4. The predicted octanol–water partition coefficient (Wildman–Crippen LogP) is 7.57. The fraction of sp³-hybridized carbons (Fsp3) is 0.208. The first-order valence-electron chi connectivity index (χ1n) is 19.9. The molecule has 2 aromatic heterocycles. The molecule has 2 unspecified atom stereocenters. The Bertz CT molecular complexity index is 3050. The lowest BCUT2D eigenvalue weighted by atomic mass is 9.75. The number of fused-ring (bicyclic) bond motifs is 10. The molecular formula is C48H40N6O5. The van der Waals surface area contributed by atoms with E-state index in [0.717, 1.165) is 27.6 Å². The zero-order chi connectivity index (χ0) is 40.9. The number of benzene rings is 5. The van der Waals surface area contributed by atoms with E-state index in [1.165, 1.54) is 4.90 Å². The number of carbonyl (C=O) groups is 3. The van der Waals surface area contributed by atoms with Gasteiger partial charge in [-0.2, -0.15) is 0 Å². The number of Topliss-reactive ketones (excluding diaryl/α,β-unsaturated/α-hetero) is 1. The lowest BCUT2D eigenvalue weighted by Crippen LogP contribution is -2.50. The molecule has 11 nitrogen and oxygen atoms in total. The Morgan fingerprint density at radius 2 is 1.47 bits per heavy atom. The number of anilines is 1. The molecule has 3 N–H and O–H groups in total. The van der Waals surface area contributed by atoms with E-state index in [1.807, 2.05) is 111 Å². The summed E-state index contributed by atoms with van der Waals surface area (Å²) in [4.78, 5) is 68.9. The Hall–Kier alpha value is -6.98. The second kappa shape index (κ2) is 13.3. The summed E-state index contributed by atoms with van der Waals surface area (Å²) in [6, 6.07) is 35.1. The number of imide groups is 1. The first-order valence-corrected chi connectivity index (χ1v) is 19.9. The van der Waals surface area contributed by atoms with Crippen molar-refractivity contribution in [2.45, 2.75) is 45.7 Å². The topological polar surface area (TPSA) is 150 Å². The molecule has 2 fully saturated rings. The number of para-hydroxylation sites is 4. The first-order chi connectivity index (χ1) is 28.5. The van der Waals surface area contributed by atoms with Gasteiger partial charge in [-0.25, -0.2) is 14.9 Å². The van der Waals surface area contributed by atoms with Gasteiger partial charge in [0, 0.05) is 28.1 Å². The Balaban J connectivity index is 0.000000176. The number of aliphatic imine (C=N–C) groups is 1. The maximum absolute atomic E-state index is 14.6. The van der Waals surface area contributed by atoms with Gasteiger partial charge in [-0.05, 0) is 79.8 Å². The van der Waals surface area contributed by atoms with Gasteiger partial charge in [-0.1, -0.05) is 86.6 Å². The average Bonchev–Trinajstić information content (AvgIpc) is 3.99. The fourth-order valence-electron chi connectivity index (χ4n) is 9.74. The second-order valence-corrected chi connectivity index (χ2v) is 16.2. The number of nitrogens with zero attached hydrogens (tertiary/aromatic N) is 4. The molecule has 292 valence electrons. The summed E-state index contributed by atoms with van der Waals surface area (Å²) in [5, 5.41) is 15.2. The number of aryl methyl sites for hydroxylation is 1. The van der Waals surface area contributed by atoms with E-state index < -0.39 is 17.4 Å². The molecule has 4 atom stereocenters. The monoisotopic (exact) mass is 780 g/mol. The summed E-state index contributed by atoms with van der Waals surface area (Å²) in [7, 11) is 0. The molecule has 7 aromatic rings. The number of hydrogen-bond acceptors (Lipinski definition) is 8. The number of nitrogens with one attached hydrogen (secondary N) is 2. The standard InChI is InChI=1S/C32H30N4O3.C16H10N2O2/c1-17(2)16-23-26-27(30(39)35(29(26)38)24-15-9-10-18(3)19(24)4)32(34-23)21-12-6-8-14-25(21)36-28(37)20-11-5-7-13-22(20)33-31(32)36;19-15-10-6-2-4-8-12(10)17-14(15)13-9-5-1-3-7-11(9)18-16(13)20/h5-15,17,23,26-27,34H,16H2,1-4H3;1-8,18,20H/t23?,26-,27+,32?;/m0./s1. The zero-order valence-electron chi connectivity index (χ0n) is 32.9. The first kappa shape index (κ1) is 36.4. The second-order valence-electron chi connectivity index (χ2n) is 16.2. The zero-order valence-corrected chi connectivity index (χ0v) is 32.9. The largest absolute Gasteiger partial charge is 0.494 e. The number of aromatic amines is 1. The predicted molar refractivity (Wildman–Crippen MR) is 227 cm³/mol. The van der Waals surface area contributed by atoms with Crippen molar-refractivity contribution < 1.29 is 19.5 Å². The molecule has 59 heavy (non-hydrogen) atoms. The number of aromatic hydroxyl groups is 1. The van der Waals surface area contributed by atoms with Crippen LogP contribution in [-0.4, -0.2) is 49.0 Å². The molecule has 0 aliphatic carbocycles. The van der Waals surface area contributed by atoms with Gasteiger partial charge in [0.2, 0.25) is 17.6 Å². The molecule has 6 heterocycles. The van der Waals surface area contributed by atoms with E-state index in [9.17, 15) is 24.3 Å². The van der Waals surface area contributed by atoms with Crippen LogP contribution < -0.4 is 15.8 Å². The Morgan fingerprint density at radius 3 is 2.27 bits per heavy atom. The average molecular weight is 781 g/mol. The van der Waals surface area contributed by atoms with Gasteiger partial charge in [0.25, 0.3) is 5.56 Å². The minimum atomic E-state index is -1.11. The molecule has 11 rings (SSSR count). The van der Waals surface area contributed by atoms with E-state index >= 15 is 0 Å². The number of aromatic nitrogens is 3. The molecule has 4 aliphatic rings. The van der Waals surface area contributed by atoms with Crippen molar-refractivity contribution in [3.63, 3.8) is 0 Å². The fourth-order valence-corrected chi connectivity index (χ4v) is 9.74. The molecule has 0 bridgehead atoms. The molecular weight excluding hydrogens is 741 g/mol. The van der Waals surface area contributed by atoms with Crippen molar-refractivity contribution in [3.05, 3.63) is 159 Å². The van der Waals surface area contributed by atoms with Crippen molar-refractivity contribution in [1.29, 1.82) is 0 Å². The lowest BCUT2D eigenvalue weighted by molar-refractivity contribution is -0.123. The maximum Gasteiger partial charge on any atom is 0.266 e. The molecule has 2 amide bonds. The van der Waals surface area contributed by atoms with Gasteiger partial charge >= 0.3 is 0 Å². The third-order valence-electron chi connectivity index (χ3n) is 12.4. The summed E-state index contributed by atoms with van der Waals surface area (Å²) in [5.74, 6) is -1.15. The van der Waals surface area contributed by atoms with Crippen LogP contribution in [0, 0.1) is 31.6 Å². The minimum absolute atomic E-state index is 0.0221. The van der Waals surface area contributed by atoms with E-state index in [0.29, 0.717) is 63.0 Å². The Kier molecular flexibility index (Phi) is 8.19. The number of hydrogen-bond donors (Lipinski definition) is 3. The van der Waals surface area contributed by atoms with Gasteiger partial charge in [0.1, 0.15) is 17.1 Å². The van der Waals surface area contributed by atoms with Crippen LogP contribution in [0.25, 0.3) is 27.5 Å². The number of amides is 2. The number of rotatable bonds is 4. The van der Waals surface area contributed by atoms with Crippen molar-refractivity contribution >= 4 is 56.5 Å². The van der Waals surface area contributed by atoms with Gasteiger partial charge in [-0.3, -0.25) is 29.1 Å². The van der Waals surface area contributed by atoms with Crippen molar-refractivity contribution in [2.75, 3.05) is 4.90 Å². The van der Waals surface area contributed by atoms with Crippen LogP contribution >= 0.6 is 0 Å². The van der Waals surface area contributed by atoms with Crippen LogP contribution in [0.2, 0.25) is 0 Å². The van der Waals surface area contributed by atoms with Gasteiger partial charge in [0.15, 0.2) is 5.88 Å². The molecule has 11 heteroatoms. The van der Waals surface area contributed by atoms with Crippen LogP contribution in [0.3, 0.4) is 0 Å². The summed E-state index contributed by atoms with van der Waals surface area (Å²) >= 11 is 0. The molecule has 4 aliphatic heterocycles. The third kappa shape index (κ3) is 5.17. The Labute approximate surface area is 339 Å². The molecule has 0 saturated carbocycles. The van der Waals surface area contributed by atoms with Crippen molar-refractivity contribution in [2.24, 2.45) is 22.7 Å². The Morgan fingerprint density at radius 1 is 0.780 bits per heavy atom. The SMILES string of the molecule is Cc1cccc(N2C(=O)[C@H]3C(CC(C)C)NC4(c5ccccc5-n5c4nc4ccccc4c5=O)[C@H]3C2=O)c1C.O=C1C(c2c(O)[nH]c3ccccc23)=Nc2ccccc21. The highest BCUT2D eigenvalue weighted by Gasteiger charge is 2.69. The number of ketones is 1. The summed E-state index contributed by atoms with van der Waals surface area (Å²) < 4.78 is 1.65. The van der Waals surface area contributed by atoms with E-state index in [4.69, 9.17) is 4.98 Å². The molecule has 1 spiro atoms. The van der Waals surface area contributed by atoms with Crippen molar-refractivity contribution in [1.82, 2.24) is 19.9 Å². The van der Waals surface area contributed by atoms with Crippen LogP contribution in [0.5, 0.6) is 5.88 Å². The molecule has 2 saturated heterocycles. The summed E-state index contributed by atoms with van der Waals surface area (Å²) in [5.41, 5.74) is 6.16. The molecule has 0 radical (unpaired) electrons. The highest BCUT2D eigenvalue weighted by atomic mass is 16.3. The van der Waals surface area contributed by atoms with Crippen LogP contribution in [0.4, 0.5) is 11.4 Å². The van der Waals surface area contributed by atoms with E-state index in [-0.39, 0.29) is 35.1 Å². The van der Waals surface area contributed by atoms with Crippen molar-refractivity contribution in [3.8, 4) is 11.6 Å². The van der Waals surface area contributed by atoms with E-state index in [2.05, 4.69) is 29.1 Å². The van der Waals surface area contributed by atoms with Crippen LogP contribution in [0.15, 0.2) is 125 Å². The van der Waals surface area contributed by atoms with Crippen LogP contribution in [-0.2, 0) is 15.1 Å². The van der Waals surface area contributed by atoms with Crippen LogP contribution in [0.1, 0.15) is 58.7 Å². The highest BCUT2D eigenvalue weighted by molar-refractivity contribution is 6.56. The lowest BCUT2D eigenvalue weighted by Gasteiger charge is -2.32. The quantitative estimate of drug-likeness (QED) is 0.156. The van der Waals surface area contributed by atoms with Gasteiger partial charge < -0.3 is 10.1 Å². The normalized spacial score (nSPS) is 21.2. The summed E-state index contributed by atoms with van der Waals surface area (Å²) in [6.07, 6.45) is 0.711. The van der Waals surface area contributed by atoms with Gasteiger partial charge in [-0.15, -0.1) is 0 Å². The van der Waals surface area contributed by atoms with Gasteiger partial charge in [0.05, 0.1) is 45.4 Å². The summed E-state index contributed by atoms with van der Waals surface area (Å²) in [6.45, 7) is 8.18. The minimum Gasteiger partial charge on any atom is -0.494 e. The highest BCUT2D eigenvalue weighted by Crippen LogP contribution is 2.56. The maximum atomic E-state index is 14.6. The number of H-pyrrole nitrogens is 1. The van der Waals surface area contributed by atoms with E-state index in [1.54, 1.807) is 22.8 Å². The smallest absolute Gasteiger partial charge is 0.266 e. The number of carbonyl (C=O) groups excluding carboxylic acids is 3.